The van der Waals surface area contributed by atoms with E-state index in [1.54, 1.807) is 0 Å². The lowest BCUT2D eigenvalue weighted by Crippen LogP contribution is -2.41. The Bertz CT molecular complexity index is 138. The second-order valence-corrected chi connectivity index (χ2v) is 2.57. The summed E-state index contributed by atoms with van der Waals surface area (Å²) in [4.78, 5) is 0. The van der Waals surface area contributed by atoms with Gasteiger partial charge in [-0.1, -0.05) is 0 Å². The Labute approximate surface area is 58.7 Å². The smallest absolute Gasteiger partial charge is 0.185 e. The molecule has 10 heavy (non-hydrogen) atoms. The van der Waals surface area contributed by atoms with Crippen molar-refractivity contribution in [1.29, 1.82) is 0 Å². The summed E-state index contributed by atoms with van der Waals surface area (Å²) in [5.74, 6) is 0. The maximum Gasteiger partial charge on any atom is 0.185 e. The highest BCUT2D eigenvalue weighted by Crippen LogP contribution is 2.32. The first-order chi connectivity index (χ1) is 4.83. The third-order valence-electron chi connectivity index (χ3n) is 1.89. The van der Waals surface area contributed by atoms with Crippen LogP contribution in [0.25, 0.3) is 0 Å². The van der Waals surface area contributed by atoms with Crippen LogP contribution in [0.4, 0.5) is 0 Å². The van der Waals surface area contributed by atoms with Gasteiger partial charge in [-0.3, -0.25) is 0 Å². The Morgan fingerprint density at radius 1 is 1.60 bits per heavy atom. The van der Waals surface area contributed by atoms with Crippen molar-refractivity contribution in [2.75, 3.05) is 13.7 Å². The molecule has 0 aromatic carbocycles. The van der Waals surface area contributed by atoms with Crippen molar-refractivity contribution in [3.63, 3.8) is 0 Å². The molecule has 4 nitrogen and oxygen atoms in total. The maximum absolute atomic E-state index is 9.30. The molecule has 0 spiro atoms. The summed E-state index contributed by atoms with van der Waals surface area (Å²) in [5.41, 5.74) is 0. The van der Waals surface area contributed by atoms with E-state index >= 15 is 0 Å². The van der Waals surface area contributed by atoms with Gasteiger partial charge in [0.1, 0.15) is 18.3 Å². The van der Waals surface area contributed by atoms with Crippen molar-refractivity contribution in [2.24, 2.45) is 0 Å². The summed E-state index contributed by atoms with van der Waals surface area (Å²) < 4.78 is 15.0. The van der Waals surface area contributed by atoms with E-state index in [2.05, 4.69) is 0 Å². The lowest BCUT2D eigenvalue weighted by atomic mass is 10.1. The largest absolute Gasteiger partial charge is 0.385 e. The molecule has 0 amide bonds. The van der Waals surface area contributed by atoms with E-state index in [0.29, 0.717) is 6.61 Å². The van der Waals surface area contributed by atoms with Crippen LogP contribution >= 0.6 is 0 Å². The van der Waals surface area contributed by atoms with Gasteiger partial charge in [0.2, 0.25) is 0 Å². The SMILES string of the molecule is CO[C@H]1OC[C@@H]2O[C@@H]2[C@@H]1O. The van der Waals surface area contributed by atoms with Gasteiger partial charge in [-0.25, -0.2) is 0 Å². The summed E-state index contributed by atoms with van der Waals surface area (Å²) in [6.45, 7) is 0.542. The minimum absolute atomic E-state index is 0.0429. The van der Waals surface area contributed by atoms with E-state index < -0.39 is 12.4 Å². The van der Waals surface area contributed by atoms with Crippen molar-refractivity contribution < 1.29 is 19.3 Å². The molecule has 0 saturated carbocycles. The number of fused-ring (bicyclic) bond motifs is 1. The molecule has 0 bridgehead atoms. The molecule has 2 saturated heterocycles. The average molecular weight is 146 g/mol. The summed E-state index contributed by atoms with van der Waals surface area (Å²) in [5, 5.41) is 9.30. The van der Waals surface area contributed by atoms with E-state index in [4.69, 9.17) is 14.2 Å². The number of aliphatic hydroxyl groups excluding tert-OH is 1. The van der Waals surface area contributed by atoms with Crippen molar-refractivity contribution in [2.45, 2.75) is 24.6 Å². The summed E-state index contributed by atoms with van der Waals surface area (Å²) in [6.07, 6.45) is -1.03. The Balaban J connectivity index is 1.97. The van der Waals surface area contributed by atoms with Crippen LogP contribution in [0.1, 0.15) is 0 Å². The van der Waals surface area contributed by atoms with Gasteiger partial charge >= 0.3 is 0 Å². The topological polar surface area (TPSA) is 51.2 Å². The predicted molar refractivity (Wildman–Crippen MR) is 31.4 cm³/mol. The van der Waals surface area contributed by atoms with Crippen LogP contribution in [0, 0.1) is 0 Å². The third-order valence-corrected chi connectivity index (χ3v) is 1.89. The van der Waals surface area contributed by atoms with Gasteiger partial charge in [0, 0.05) is 7.11 Å². The molecule has 1 N–H and O–H groups in total. The van der Waals surface area contributed by atoms with Gasteiger partial charge in [-0.05, 0) is 0 Å². The molecule has 0 unspecified atom stereocenters. The minimum Gasteiger partial charge on any atom is -0.385 e. The van der Waals surface area contributed by atoms with Crippen LogP contribution in [0.15, 0.2) is 0 Å². The number of methoxy groups -OCH3 is 1. The zero-order chi connectivity index (χ0) is 7.14. The first-order valence-corrected chi connectivity index (χ1v) is 3.31. The Hall–Kier alpha value is -0.160. The molecule has 0 aliphatic carbocycles. The van der Waals surface area contributed by atoms with E-state index in [-0.39, 0.29) is 12.2 Å². The number of ether oxygens (including phenoxy) is 3. The first kappa shape index (κ1) is 6.54. The molecule has 2 aliphatic rings. The summed E-state index contributed by atoms with van der Waals surface area (Å²) >= 11 is 0. The van der Waals surface area contributed by atoms with Gasteiger partial charge in [0.05, 0.1) is 6.61 Å². The predicted octanol–water partition coefficient (Wildman–Crippen LogP) is -0.883. The molecule has 4 heteroatoms. The van der Waals surface area contributed by atoms with E-state index in [1.807, 2.05) is 0 Å². The lowest BCUT2D eigenvalue weighted by molar-refractivity contribution is -0.192. The molecule has 58 valence electrons. The Kier molecular flexibility index (Phi) is 1.42. The van der Waals surface area contributed by atoms with Crippen LogP contribution in [0.2, 0.25) is 0 Å². The quantitative estimate of drug-likeness (QED) is 0.488. The van der Waals surface area contributed by atoms with Crippen molar-refractivity contribution in [1.82, 2.24) is 0 Å². The van der Waals surface area contributed by atoms with Crippen LogP contribution in [0.3, 0.4) is 0 Å². The summed E-state index contributed by atoms with van der Waals surface area (Å²) in [7, 11) is 1.51. The van der Waals surface area contributed by atoms with E-state index in [1.165, 1.54) is 7.11 Å². The highest BCUT2D eigenvalue weighted by atomic mass is 16.7. The number of rotatable bonds is 1. The van der Waals surface area contributed by atoms with E-state index in [0.717, 1.165) is 0 Å². The molecule has 0 aromatic rings. The minimum atomic E-state index is -0.608. The van der Waals surface area contributed by atoms with Gasteiger partial charge < -0.3 is 19.3 Å². The first-order valence-electron chi connectivity index (χ1n) is 3.31. The standard InChI is InChI=1S/C6H10O4/c1-8-6-4(7)5-3(10-5)2-9-6/h3-7H,2H2,1H3/t3-,4-,5-,6-/m0/s1. The van der Waals surface area contributed by atoms with Gasteiger partial charge in [0.15, 0.2) is 6.29 Å². The molecule has 2 fully saturated rings. The molecular weight excluding hydrogens is 136 g/mol. The zero-order valence-corrected chi connectivity index (χ0v) is 5.69. The number of aliphatic hydroxyl groups is 1. The normalized spacial score (nSPS) is 52.2. The second-order valence-electron chi connectivity index (χ2n) is 2.57. The van der Waals surface area contributed by atoms with E-state index in [9.17, 15) is 5.11 Å². The monoisotopic (exact) mass is 146 g/mol. The molecule has 4 atom stereocenters. The van der Waals surface area contributed by atoms with Gasteiger partial charge in [0.25, 0.3) is 0 Å². The zero-order valence-electron chi connectivity index (χ0n) is 5.69. The highest BCUT2D eigenvalue weighted by Gasteiger charge is 2.52. The lowest BCUT2D eigenvalue weighted by Gasteiger charge is -2.23. The maximum atomic E-state index is 9.30. The van der Waals surface area contributed by atoms with Crippen LogP contribution in [0.5, 0.6) is 0 Å². The molecule has 0 radical (unpaired) electrons. The van der Waals surface area contributed by atoms with Crippen LogP contribution in [-0.4, -0.2) is 43.4 Å². The number of hydrogen-bond acceptors (Lipinski definition) is 4. The fourth-order valence-electron chi connectivity index (χ4n) is 1.24. The molecule has 2 heterocycles. The highest BCUT2D eigenvalue weighted by molar-refractivity contribution is 4.95. The number of epoxide rings is 1. The fraction of sp³-hybridized carbons (Fsp3) is 1.00. The Morgan fingerprint density at radius 2 is 2.40 bits per heavy atom. The fourth-order valence-corrected chi connectivity index (χ4v) is 1.24. The molecule has 2 rings (SSSR count). The summed E-state index contributed by atoms with van der Waals surface area (Å²) in [6, 6.07) is 0. The van der Waals surface area contributed by atoms with Crippen molar-refractivity contribution >= 4 is 0 Å². The Morgan fingerprint density at radius 3 is 3.10 bits per heavy atom. The molecule has 0 aromatic heterocycles. The number of hydrogen-bond donors (Lipinski definition) is 1. The van der Waals surface area contributed by atoms with Gasteiger partial charge in [-0.2, -0.15) is 0 Å². The molecular formula is C6H10O4. The van der Waals surface area contributed by atoms with Crippen molar-refractivity contribution in [3.8, 4) is 0 Å². The van der Waals surface area contributed by atoms with Crippen LogP contribution < -0.4 is 0 Å². The van der Waals surface area contributed by atoms with Crippen molar-refractivity contribution in [3.05, 3.63) is 0 Å². The molecule has 2 aliphatic heterocycles. The van der Waals surface area contributed by atoms with Crippen LogP contribution in [-0.2, 0) is 14.2 Å². The average Bonchev–Trinajstić information content (AvgIpc) is 2.68. The second kappa shape index (κ2) is 2.17. The van der Waals surface area contributed by atoms with Gasteiger partial charge in [-0.15, -0.1) is 0 Å². The third kappa shape index (κ3) is 0.845.